The Morgan fingerprint density at radius 1 is 1.05 bits per heavy atom. The van der Waals surface area contributed by atoms with Crippen LogP contribution in [0.2, 0.25) is 0 Å². The van der Waals surface area contributed by atoms with E-state index in [1.807, 2.05) is 55.5 Å². The van der Waals surface area contributed by atoms with Crippen LogP contribution in [0.3, 0.4) is 0 Å². The van der Waals surface area contributed by atoms with E-state index >= 15 is 0 Å². The molecule has 0 bridgehead atoms. The van der Waals surface area contributed by atoms with Crippen LogP contribution in [-0.2, 0) is 11.2 Å². The summed E-state index contributed by atoms with van der Waals surface area (Å²) in [6, 6.07) is 19.2. The van der Waals surface area contributed by atoms with Gasteiger partial charge in [-0.15, -0.1) is 0 Å². The molecule has 0 radical (unpaired) electrons. The maximum Gasteiger partial charge on any atom is 0.253 e. The fraction of sp³-hybridized carbons (Fsp3) is 0.235. The number of nitrogens with one attached hydrogen (secondary N) is 1. The zero-order valence-electron chi connectivity index (χ0n) is 11.6. The van der Waals surface area contributed by atoms with Crippen molar-refractivity contribution in [3.63, 3.8) is 0 Å². The highest BCUT2D eigenvalue weighted by Gasteiger charge is 2.14. The molecule has 104 valence electrons. The monoisotopic (exact) mass is 269 g/mol. The summed E-state index contributed by atoms with van der Waals surface area (Å²) in [5.41, 5.74) is 1.78. The Balaban J connectivity index is 2.00. The van der Waals surface area contributed by atoms with Gasteiger partial charge < -0.3 is 10.1 Å². The molecular formula is C17H19NO2. The predicted molar refractivity (Wildman–Crippen MR) is 79.5 cm³/mol. The zero-order valence-corrected chi connectivity index (χ0v) is 11.6. The second-order valence-corrected chi connectivity index (χ2v) is 4.47. The molecule has 0 aliphatic rings. The van der Waals surface area contributed by atoms with Crippen LogP contribution in [0.5, 0.6) is 0 Å². The first-order valence-electron chi connectivity index (χ1n) is 6.81. The maximum absolute atomic E-state index is 12.1. The molecule has 0 saturated heterocycles. The quantitative estimate of drug-likeness (QED) is 0.819. The first kappa shape index (κ1) is 14.3. The van der Waals surface area contributed by atoms with Crippen molar-refractivity contribution in [2.75, 3.05) is 6.61 Å². The fourth-order valence-electron chi connectivity index (χ4n) is 2.00. The molecule has 0 saturated carbocycles. The van der Waals surface area contributed by atoms with Gasteiger partial charge in [-0.2, -0.15) is 0 Å². The van der Waals surface area contributed by atoms with Crippen molar-refractivity contribution in [3.05, 3.63) is 71.8 Å². The first-order valence-corrected chi connectivity index (χ1v) is 6.81. The molecule has 3 nitrogen and oxygen atoms in total. The largest absolute Gasteiger partial charge is 0.358 e. The zero-order chi connectivity index (χ0) is 14.2. The van der Waals surface area contributed by atoms with E-state index in [2.05, 4.69) is 5.32 Å². The second kappa shape index (κ2) is 7.46. The summed E-state index contributed by atoms with van der Waals surface area (Å²) in [5.74, 6) is -0.111. The van der Waals surface area contributed by atoms with Crippen molar-refractivity contribution in [1.29, 1.82) is 0 Å². The number of hydrogen-bond donors (Lipinski definition) is 1. The fourth-order valence-corrected chi connectivity index (χ4v) is 2.00. The van der Waals surface area contributed by atoms with Gasteiger partial charge in [0.15, 0.2) is 0 Å². The van der Waals surface area contributed by atoms with Gasteiger partial charge in [0.1, 0.15) is 6.23 Å². The van der Waals surface area contributed by atoms with Crippen molar-refractivity contribution < 1.29 is 9.53 Å². The third-order valence-electron chi connectivity index (χ3n) is 2.96. The van der Waals surface area contributed by atoms with Crippen molar-refractivity contribution in [3.8, 4) is 0 Å². The van der Waals surface area contributed by atoms with Gasteiger partial charge in [0.25, 0.3) is 5.91 Å². The summed E-state index contributed by atoms with van der Waals surface area (Å²) in [4.78, 5) is 12.1. The number of benzene rings is 2. The van der Waals surface area contributed by atoms with Gasteiger partial charge in [0.05, 0.1) is 0 Å². The van der Waals surface area contributed by atoms with E-state index in [4.69, 9.17) is 4.74 Å². The molecular weight excluding hydrogens is 250 g/mol. The number of rotatable bonds is 6. The van der Waals surface area contributed by atoms with E-state index in [-0.39, 0.29) is 12.1 Å². The lowest BCUT2D eigenvalue weighted by Gasteiger charge is -2.18. The molecule has 0 aromatic heterocycles. The molecule has 0 aliphatic carbocycles. The highest BCUT2D eigenvalue weighted by atomic mass is 16.5. The summed E-state index contributed by atoms with van der Waals surface area (Å²) < 4.78 is 5.61. The summed E-state index contributed by atoms with van der Waals surface area (Å²) in [6.45, 7) is 2.49. The number of hydrogen-bond acceptors (Lipinski definition) is 2. The molecule has 1 N–H and O–H groups in total. The lowest BCUT2D eigenvalue weighted by atomic mass is 10.1. The molecule has 0 spiro atoms. The molecule has 1 unspecified atom stereocenters. The van der Waals surface area contributed by atoms with E-state index in [0.717, 1.165) is 5.56 Å². The average Bonchev–Trinajstić information content (AvgIpc) is 2.49. The predicted octanol–water partition coefficient (Wildman–Crippen LogP) is 3.02. The van der Waals surface area contributed by atoms with Crippen molar-refractivity contribution >= 4 is 5.91 Å². The van der Waals surface area contributed by atoms with E-state index in [9.17, 15) is 4.79 Å². The Morgan fingerprint density at radius 3 is 2.25 bits per heavy atom. The number of ether oxygens (including phenoxy) is 1. The normalized spacial score (nSPS) is 11.8. The number of amides is 1. The molecule has 2 aromatic carbocycles. The molecule has 0 fully saturated rings. The third-order valence-corrected chi connectivity index (χ3v) is 2.96. The van der Waals surface area contributed by atoms with E-state index in [0.29, 0.717) is 18.6 Å². The van der Waals surface area contributed by atoms with Crippen LogP contribution in [0.15, 0.2) is 60.7 Å². The Kier molecular flexibility index (Phi) is 5.33. The minimum absolute atomic E-state index is 0.111. The molecule has 0 heterocycles. The molecule has 2 aromatic rings. The minimum atomic E-state index is -0.310. The molecule has 1 atom stereocenters. The van der Waals surface area contributed by atoms with Crippen LogP contribution in [-0.4, -0.2) is 18.7 Å². The Bertz CT molecular complexity index is 525. The van der Waals surface area contributed by atoms with E-state index < -0.39 is 0 Å². The third kappa shape index (κ3) is 4.21. The van der Waals surface area contributed by atoms with Crippen molar-refractivity contribution in [2.45, 2.75) is 19.6 Å². The number of carbonyl (C=O) groups is 1. The topological polar surface area (TPSA) is 38.3 Å². The minimum Gasteiger partial charge on any atom is -0.358 e. The molecule has 3 heteroatoms. The Labute approximate surface area is 119 Å². The van der Waals surface area contributed by atoms with Crippen LogP contribution >= 0.6 is 0 Å². The summed E-state index contributed by atoms with van der Waals surface area (Å²) in [7, 11) is 0. The Morgan fingerprint density at radius 2 is 1.65 bits per heavy atom. The van der Waals surface area contributed by atoms with Crippen LogP contribution in [0.25, 0.3) is 0 Å². The van der Waals surface area contributed by atoms with Crippen LogP contribution in [0, 0.1) is 0 Å². The first-order chi connectivity index (χ1) is 9.79. The van der Waals surface area contributed by atoms with E-state index in [1.165, 1.54) is 0 Å². The smallest absolute Gasteiger partial charge is 0.253 e. The Hall–Kier alpha value is -2.13. The number of carbonyl (C=O) groups excluding carboxylic acids is 1. The van der Waals surface area contributed by atoms with Crippen LogP contribution in [0.4, 0.5) is 0 Å². The maximum atomic E-state index is 12.1. The summed E-state index contributed by atoms with van der Waals surface area (Å²) in [5, 5.41) is 2.92. The molecule has 1 amide bonds. The van der Waals surface area contributed by atoms with Gasteiger partial charge in [-0.05, 0) is 24.6 Å². The second-order valence-electron chi connectivity index (χ2n) is 4.47. The van der Waals surface area contributed by atoms with Crippen molar-refractivity contribution in [1.82, 2.24) is 5.32 Å². The van der Waals surface area contributed by atoms with Gasteiger partial charge in [-0.25, -0.2) is 0 Å². The average molecular weight is 269 g/mol. The van der Waals surface area contributed by atoms with Gasteiger partial charge in [-0.1, -0.05) is 48.5 Å². The van der Waals surface area contributed by atoms with Gasteiger partial charge in [0.2, 0.25) is 0 Å². The van der Waals surface area contributed by atoms with Crippen LogP contribution in [0.1, 0.15) is 22.8 Å². The lowest BCUT2D eigenvalue weighted by molar-refractivity contribution is 0.0349. The van der Waals surface area contributed by atoms with Gasteiger partial charge >= 0.3 is 0 Å². The molecule has 0 aliphatic heterocycles. The summed E-state index contributed by atoms with van der Waals surface area (Å²) in [6.07, 6.45) is 0.350. The SMILES string of the molecule is CCOC(Cc1ccccc1)NC(=O)c1ccccc1. The molecule has 20 heavy (non-hydrogen) atoms. The van der Waals surface area contributed by atoms with Crippen molar-refractivity contribution in [2.24, 2.45) is 0 Å². The highest BCUT2D eigenvalue weighted by Crippen LogP contribution is 2.06. The van der Waals surface area contributed by atoms with Gasteiger partial charge in [0, 0.05) is 18.6 Å². The highest BCUT2D eigenvalue weighted by molar-refractivity contribution is 5.94. The molecule has 2 rings (SSSR count). The van der Waals surface area contributed by atoms with E-state index in [1.54, 1.807) is 12.1 Å². The summed E-state index contributed by atoms with van der Waals surface area (Å²) >= 11 is 0. The standard InChI is InChI=1S/C17H19NO2/c1-2-20-16(13-14-9-5-3-6-10-14)18-17(19)15-11-7-4-8-12-15/h3-12,16H,2,13H2,1H3,(H,18,19). The van der Waals surface area contributed by atoms with Gasteiger partial charge in [-0.3, -0.25) is 4.79 Å². The van der Waals surface area contributed by atoms with Crippen LogP contribution < -0.4 is 5.32 Å². The lowest BCUT2D eigenvalue weighted by Crippen LogP contribution is -2.38.